The van der Waals surface area contributed by atoms with E-state index in [4.69, 9.17) is 9.47 Å². The summed E-state index contributed by atoms with van der Waals surface area (Å²) in [5.41, 5.74) is 1.91. The first-order valence-electron chi connectivity index (χ1n) is 8.46. The average molecular weight is 409 g/mol. The fraction of sp³-hybridized carbons (Fsp3) is 0.300. The lowest BCUT2D eigenvalue weighted by atomic mass is 10.1. The Kier molecular flexibility index (Phi) is 8.91. The van der Waals surface area contributed by atoms with Gasteiger partial charge < -0.3 is 24.8 Å². The van der Waals surface area contributed by atoms with Gasteiger partial charge in [-0.1, -0.05) is 23.8 Å². The Hall–Kier alpha value is -2.61. The van der Waals surface area contributed by atoms with Crippen LogP contribution in [0.1, 0.15) is 27.6 Å². The Labute approximate surface area is 170 Å². The number of hydrogen-bond acceptors (Lipinski definition) is 6. The number of aliphatic hydroxyl groups is 1. The third-order valence-electron chi connectivity index (χ3n) is 3.80. The van der Waals surface area contributed by atoms with E-state index in [1.165, 1.54) is 17.0 Å². The van der Waals surface area contributed by atoms with Crippen LogP contribution in [0.5, 0.6) is 11.5 Å². The topological polar surface area (TPSA) is 88.1 Å². The summed E-state index contributed by atoms with van der Waals surface area (Å²) >= 11 is 0. The molecule has 7 nitrogen and oxygen atoms in total. The molecule has 2 rings (SSSR count). The minimum Gasteiger partial charge on any atom is -0.419 e. The van der Waals surface area contributed by atoms with Crippen LogP contribution in [0.4, 0.5) is 4.79 Å². The predicted octanol–water partition coefficient (Wildman–Crippen LogP) is 2.95. The smallest absolute Gasteiger partial charge is 0.414 e. The molecule has 1 amide bonds. The van der Waals surface area contributed by atoms with Crippen molar-refractivity contribution in [1.82, 2.24) is 10.2 Å². The number of carbonyl (C=O) groups is 2. The zero-order chi connectivity index (χ0) is 20.0. The van der Waals surface area contributed by atoms with Crippen LogP contribution in [0.15, 0.2) is 42.5 Å². The van der Waals surface area contributed by atoms with Crippen molar-refractivity contribution in [3.05, 3.63) is 59.2 Å². The highest BCUT2D eigenvalue weighted by Gasteiger charge is 2.18. The maximum absolute atomic E-state index is 12.5. The molecule has 28 heavy (non-hydrogen) atoms. The molecule has 152 valence electrons. The second kappa shape index (κ2) is 10.7. The fourth-order valence-corrected chi connectivity index (χ4v) is 2.24. The molecule has 0 fully saturated rings. The Bertz CT molecular complexity index is 809. The normalized spacial score (nSPS) is 11.2. The van der Waals surface area contributed by atoms with Crippen molar-refractivity contribution in [3.8, 4) is 11.5 Å². The van der Waals surface area contributed by atoms with Gasteiger partial charge in [0.2, 0.25) is 0 Å². The first kappa shape index (κ1) is 23.4. The van der Waals surface area contributed by atoms with Gasteiger partial charge in [0.25, 0.3) is 0 Å². The van der Waals surface area contributed by atoms with E-state index in [1.807, 2.05) is 6.92 Å². The molecule has 0 spiro atoms. The van der Waals surface area contributed by atoms with E-state index >= 15 is 0 Å². The summed E-state index contributed by atoms with van der Waals surface area (Å²) in [6.45, 7) is 2.24. The van der Waals surface area contributed by atoms with E-state index in [1.54, 1.807) is 51.5 Å². The van der Waals surface area contributed by atoms with Crippen molar-refractivity contribution in [2.75, 3.05) is 27.7 Å². The second-order valence-corrected chi connectivity index (χ2v) is 6.30. The molecule has 8 heteroatoms. The summed E-state index contributed by atoms with van der Waals surface area (Å²) < 4.78 is 10.7. The molecule has 0 radical (unpaired) electrons. The van der Waals surface area contributed by atoms with E-state index in [0.717, 1.165) is 5.56 Å². The molecule has 0 saturated carbocycles. The first-order chi connectivity index (χ1) is 12.8. The van der Waals surface area contributed by atoms with Gasteiger partial charge in [-0.2, -0.15) is 0 Å². The Balaban J connectivity index is 0.00000392. The lowest BCUT2D eigenvalue weighted by Crippen LogP contribution is -2.25. The molecule has 1 unspecified atom stereocenters. The molecular formula is C20H25ClN2O5. The van der Waals surface area contributed by atoms with E-state index in [9.17, 15) is 14.7 Å². The number of hydrogen-bond donors (Lipinski definition) is 2. The number of rotatable bonds is 6. The standard InChI is InChI=1S/C20H24N2O5.ClH/c1-13-5-7-14(8-6-13)19(24)26-18-11-15(16(23)12-21-2)9-10-17(18)27-20(25)22(3)4;/h5-11,16,21,23H,12H2,1-4H3;1H. The summed E-state index contributed by atoms with van der Waals surface area (Å²) in [5, 5.41) is 13.0. The number of amides is 1. The number of nitrogens with one attached hydrogen (secondary N) is 1. The van der Waals surface area contributed by atoms with Gasteiger partial charge in [-0.3, -0.25) is 0 Å². The van der Waals surface area contributed by atoms with Gasteiger partial charge in [0, 0.05) is 20.6 Å². The molecule has 2 aromatic rings. The van der Waals surface area contributed by atoms with Gasteiger partial charge in [-0.25, -0.2) is 9.59 Å². The fourth-order valence-electron chi connectivity index (χ4n) is 2.24. The number of aryl methyl sites for hydroxylation is 1. The summed E-state index contributed by atoms with van der Waals surface area (Å²) in [5.74, 6) is -0.435. The maximum Gasteiger partial charge on any atom is 0.414 e. The van der Waals surface area contributed by atoms with Gasteiger partial charge in [0.15, 0.2) is 11.5 Å². The summed E-state index contributed by atoms with van der Waals surface area (Å²) in [6.07, 6.45) is -1.41. The van der Waals surface area contributed by atoms with Crippen LogP contribution in [-0.4, -0.2) is 49.8 Å². The number of likely N-dealkylation sites (N-methyl/N-ethyl adjacent to an activating group) is 1. The van der Waals surface area contributed by atoms with Crippen LogP contribution < -0.4 is 14.8 Å². The van der Waals surface area contributed by atoms with E-state index in [0.29, 0.717) is 17.7 Å². The van der Waals surface area contributed by atoms with Crippen molar-refractivity contribution < 1.29 is 24.2 Å². The van der Waals surface area contributed by atoms with Gasteiger partial charge in [-0.05, 0) is 43.8 Å². The monoisotopic (exact) mass is 408 g/mol. The van der Waals surface area contributed by atoms with Gasteiger partial charge >= 0.3 is 12.1 Å². The number of ether oxygens (including phenoxy) is 2. The second-order valence-electron chi connectivity index (χ2n) is 6.30. The number of esters is 1. The molecular weight excluding hydrogens is 384 g/mol. The molecule has 0 aliphatic heterocycles. The summed E-state index contributed by atoms with van der Waals surface area (Å²) in [7, 11) is 4.81. The molecule has 0 aromatic heterocycles. The van der Waals surface area contributed by atoms with Crippen molar-refractivity contribution in [2.45, 2.75) is 13.0 Å². The Morgan fingerprint density at radius 3 is 2.29 bits per heavy atom. The molecule has 2 N–H and O–H groups in total. The van der Waals surface area contributed by atoms with Gasteiger partial charge in [0.1, 0.15) is 0 Å². The number of nitrogens with zero attached hydrogens (tertiary/aromatic N) is 1. The third-order valence-corrected chi connectivity index (χ3v) is 3.80. The third kappa shape index (κ3) is 6.23. The Morgan fingerprint density at radius 1 is 1.07 bits per heavy atom. The van der Waals surface area contributed by atoms with Crippen LogP contribution in [0.2, 0.25) is 0 Å². The highest BCUT2D eigenvalue weighted by Crippen LogP contribution is 2.31. The lowest BCUT2D eigenvalue weighted by Gasteiger charge is -2.16. The molecule has 0 aliphatic carbocycles. The number of halogens is 1. The highest BCUT2D eigenvalue weighted by atomic mass is 35.5. The summed E-state index contributed by atoms with van der Waals surface area (Å²) in [6, 6.07) is 11.5. The van der Waals surface area contributed by atoms with Crippen molar-refractivity contribution in [1.29, 1.82) is 0 Å². The van der Waals surface area contributed by atoms with Crippen molar-refractivity contribution in [2.24, 2.45) is 0 Å². The molecule has 2 aromatic carbocycles. The number of carbonyl (C=O) groups excluding carboxylic acids is 2. The number of benzene rings is 2. The average Bonchev–Trinajstić information content (AvgIpc) is 2.63. The zero-order valence-electron chi connectivity index (χ0n) is 16.3. The van der Waals surface area contributed by atoms with Crippen LogP contribution in [0.25, 0.3) is 0 Å². The highest BCUT2D eigenvalue weighted by molar-refractivity contribution is 5.91. The zero-order valence-corrected chi connectivity index (χ0v) is 17.1. The van der Waals surface area contributed by atoms with Crippen LogP contribution in [-0.2, 0) is 0 Å². The minimum atomic E-state index is -0.801. The van der Waals surface area contributed by atoms with Crippen LogP contribution in [0.3, 0.4) is 0 Å². The molecule has 0 saturated heterocycles. The number of aliphatic hydroxyl groups excluding tert-OH is 1. The first-order valence-corrected chi connectivity index (χ1v) is 8.46. The van der Waals surface area contributed by atoms with Crippen molar-refractivity contribution in [3.63, 3.8) is 0 Å². The summed E-state index contributed by atoms with van der Waals surface area (Å²) in [4.78, 5) is 25.6. The lowest BCUT2D eigenvalue weighted by molar-refractivity contribution is 0.0727. The SMILES string of the molecule is CNCC(O)c1ccc(OC(=O)N(C)C)c(OC(=O)c2ccc(C)cc2)c1.Cl. The van der Waals surface area contributed by atoms with Crippen molar-refractivity contribution >= 4 is 24.5 Å². The minimum absolute atomic E-state index is 0. The van der Waals surface area contributed by atoms with E-state index in [-0.39, 0.29) is 23.9 Å². The maximum atomic E-state index is 12.5. The molecule has 1 atom stereocenters. The quantitative estimate of drug-likeness (QED) is 0.564. The van der Waals surface area contributed by atoms with Crippen LogP contribution in [0, 0.1) is 6.92 Å². The molecule has 0 aliphatic rings. The predicted molar refractivity (Wildman–Crippen MR) is 108 cm³/mol. The van der Waals surface area contributed by atoms with Crippen LogP contribution >= 0.6 is 12.4 Å². The molecule has 0 heterocycles. The molecule has 0 bridgehead atoms. The van der Waals surface area contributed by atoms with E-state index < -0.39 is 18.2 Å². The van der Waals surface area contributed by atoms with Gasteiger partial charge in [0.05, 0.1) is 11.7 Å². The largest absolute Gasteiger partial charge is 0.419 e. The Morgan fingerprint density at radius 2 is 1.71 bits per heavy atom. The van der Waals surface area contributed by atoms with Gasteiger partial charge in [-0.15, -0.1) is 12.4 Å². The van der Waals surface area contributed by atoms with E-state index in [2.05, 4.69) is 5.32 Å².